The van der Waals surface area contributed by atoms with Crippen molar-refractivity contribution in [1.82, 2.24) is 9.21 Å². The summed E-state index contributed by atoms with van der Waals surface area (Å²) in [6, 6.07) is 22.5. The molecule has 0 unspecified atom stereocenters. The molecule has 5 rings (SSSR count). The topological polar surface area (TPSA) is 73.0 Å². The van der Waals surface area contributed by atoms with Gasteiger partial charge in [-0.25, -0.2) is 8.42 Å². The molecule has 2 aliphatic heterocycles. The molecule has 182 valence electrons. The number of nitrogens with one attached hydrogen (secondary N) is 1. The number of hydrogen-bond acceptors (Lipinski definition) is 5. The third-order valence-electron chi connectivity index (χ3n) is 6.84. The number of benzene rings is 3. The van der Waals surface area contributed by atoms with Gasteiger partial charge in [0.1, 0.15) is 0 Å². The van der Waals surface area contributed by atoms with Gasteiger partial charge in [0.05, 0.1) is 4.90 Å². The molecule has 3 aromatic rings. The van der Waals surface area contributed by atoms with Gasteiger partial charge >= 0.3 is 0 Å². The zero-order chi connectivity index (χ0) is 24.4. The molecule has 2 aliphatic rings. The zero-order valence-electron chi connectivity index (χ0n) is 19.9. The average Bonchev–Trinajstić information content (AvgIpc) is 2.89. The normalized spacial score (nSPS) is 17.1. The van der Waals surface area contributed by atoms with Crippen molar-refractivity contribution < 1.29 is 13.2 Å². The molecular weight excluding hydrogens is 460 g/mol. The maximum absolute atomic E-state index is 12.9. The average molecular weight is 491 g/mol. The van der Waals surface area contributed by atoms with Crippen LogP contribution in [0, 0.1) is 0 Å². The second kappa shape index (κ2) is 9.81. The summed E-state index contributed by atoms with van der Waals surface area (Å²) in [7, 11) is -1.54. The minimum Gasteiger partial charge on any atom is -0.367 e. The number of nitrogens with zero attached hydrogens (tertiary/aromatic N) is 3. The van der Waals surface area contributed by atoms with Gasteiger partial charge in [0.15, 0.2) is 0 Å². The van der Waals surface area contributed by atoms with E-state index in [1.165, 1.54) is 15.4 Å². The largest absolute Gasteiger partial charge is 0.367 e. The van der Waals surface area contributed by atoms with E-state index in [4.69, 9.17) is 0 Å². The van der Waals surface area contributed by atoms with E-state index in [-0.39, 0.29) is 10.8 Å². The van der Waals surface area contributed by atoms with Crippen LogP contribution in [0.3, 0.4) is 0 Å². The fraction of sp³-hybridized carbons (Fsp3) is 0.296. The lowest BCUT2D eigenvalue weighted by molar-refractivity contribution is 0.102. The Morgan fingerprint density at radius 3 is 2.14 bits per heavy atom. The second-order valence-electron chi connectivity index (χ2n) is 9.17. The number of fused-ring (bicyclic) bond motifs is 1. The summed E-state index contributed by atoms with van der Waals surface area (Å²) in [5, 5.41) is 2.87. The summed E-state index contributed by atoms with van der Waals surface area (Å²) >= 11 is 0. The lowest BCUT2D eigenvalue weighted by Gasteiger charge is -2.31. The molecule has 1 N–H and O–H groups in total. The molecule has 1 amide bonds. The highest BCUT2D eigenvalue weighted by molar-refractivity contribution is 7.89. The molecule has 0 spiro atoms. The van der Waals surface area contributed by atoms with E-state index < -0.39 is 10.0 Å². The van der Waals surface area contributed by atoms with Crippen molar-refractivity contribution in [3.05, 3.63) is 89.5 Å². The molecule has 1 saturated heterocycles. The Labute approximate surface area is 207 Å². The molecule has 0 aliphatic carbocycles. The lowest BCUT2D eigenvalue weighted by Crippen LogP contribution is -2.46. The van der Waals surface area contributed by atoms with Crippen molar-refractivity contribution in [3.8, 4) is 0 Å². The molecule has 0 radical (unpaired) electrons. The Bertz CT molecular complexity index is 1300. The van der Waals surface area contributed by atoms with Crippen LogP contribution in [0.1, 0.15) is 21.5 Å². The van der Waals surface area contributed by atoms with Gasteiger partial charge in [0.25, 0.3) is 5.91 Å². The van der Waals surface area contributed by atoms with E-state index in [9.17, 15) is 13.2 Å². The first kappa shape index (κ1) is 23.5. The molecule has 3 aromatic carbocycles. The SMILES string of the molecule is CN1CCN(S(=O)(=O)c2ccc(NC(=O)c3ccc(N4CCc5ccccc5C4)cc3)cc2)CC1. The molecule has 0 bridgehead atoms. The minimum absolute atomic E-state index is 0.227. The number of hydrogen-bond donors (Lipinski definition) is 1. The van der Waals surface area contributed by atoms with Gasteiger partial charge in [-0.3, -0.25) is 4.79 Å². The van der Waals surface area contributed by atoms with Crippen LogP contribution in [0.15, 0.2) is 77.7 Å². The quantitative estimate of drug-likeness (QED) is 0.593. The summed E-state index contributed by atoms with van der Waals surface area (Å²) in [6.45, 7) is 4.22. The number of sulfonamides is 1. The first-order valence-electron chi connectivity index (χ1n) is 11.9. The van der Waals surface area contributed by atoms with Gasteiger partial charge in [0.2, 0.25) is 10.0 Å². The van der Waals surface area contributed by atoms with Crippen molar-refractivity contribution in [2.75, 3.05) is 50.0 Å². The highest BCUT2D eigenvalue weighted by Gasteiger charge is 2.27. The number of rotatable bonds is 5. The van der Waals surface area contributed by atoms with Gasteiger partial charge < -0.3 is 15.1 Å². The zero-order valence-corrected chi connectivity index (χ0v) is 20.7. The second-order valence-corrected chi connectivity index (χ2v) is 11.1. The van der Waals surface area contributed by atoms with Gasteiger partial charge in [0, 0.05) is 56.2 Å². The highest BCUT2D eigenvalue weighted by atomic mass is 32.2. The number of carbonyl (C=O) groups excluding carboxylic acids is 1. The predicted molar refractivity (Wildman–Crippen MR) is 138 cm³/mol. The summed E-state index contributed by atoms with van der Waals surface area (Å²) in [5.41, 5.74) is 4.96. The molecule has 2 heterocycles. The van der Waals surface area contributed by atoms with Crippen molar-refractivity contribution in [1.29, 1.82) is 0 Å². The summed E-state index contributed by atoms with van der Waals surface area (Å²) in [6.07, 6.45) is 1.01. The summed E-state index contributed by atoms with van der Waals surface area (Å²) in [5.74, 6) is -0.227. The van der Waals surface area contributed by atoms with Gasteiger partial charge in [-0.1, -0.05) is 24.3 Å². The van der Waals surface area contributed by atoms with Gasteiger partial charge in [-0.05, 0) is 73.1 Å². The Morgan fingerprint density at radius 1 is 0.800 bits per heavy atom. The highest BCUT2D eigenvalue weighted by Crippen LogP contribution is 2.25. The minimum atomic E-state index is -3.53. The van der Waals surface area contributed by atoms with Crippen LogP contribution in [-0.4, -0.2) is 63.3 Å². The van der Waals surface area contributed by atoms with Crippen molar-refractivity contribution in [2.45, 2.75) is 17.9 Å². The van der Waals surface area contributed by atoms with Gasteiger partial charge in [-0.15, -0.1) is 0 Å². The number of carbonyl (C=O) groups is 1. The standard InChI is InChI=1S/C27H30N4O3S/c1-29-16-18-31(19-17-29)35(33,34)26-12-8-24(9-13-26)28-27(32)22-6-10-25(11-7-22)30-15-14-21-4-2-3-5-23(21)20-30/h2-13H,14-20H2,1H3,(H,28,32). The monoisotopic (exact) mass is 490 g/mol. The molecule has 35 heavy (non-hydrogen) atoms. The molecule has 0 atom stereocenters. The Kier molecular flexibility index (Phi) is 6.60. The first-order chi connectivity index (χ1) is 16.9. The number of anilines is 2. The van der Waals surface area contributed by atoms with Crippen LogP contribution in [-0.2, 0) is 23.0 Å². The predicted octanol–water partition coefficient (Wildman–Crippen LogP) is 3.44. The summed E-state index contributed by atoms with van der Waals surface area (Å²) in [4.78, 5) is 17.4. The Hall–Kier alpha value is -3.20. The molecule has 7 nitrogen and oxygen atoms in total. The lowest BCUT2D eigenvalue weighted by atomic mass is 9.99. The van der Waals surface area contributed by atoms with Gasteiger partial charge in [-0.2, -0.15) is 4.31 Å². The summed E-state index contributed by atoms with van der Waals surface area (Å²) < 4.78 is 27.3. The maximum Gasteiger partial charge on any atom is 0.255 e. The van der Waals surface area contributed by atoms with E-state index in [1.54, 1.807) is 24.3 Å². The number of piperazine rings is 1. The van der Waals surface area contributed by atoms with Crippen molar-refractivity contribution in [3.63, 3.8) is 0 Å². The van der Waals surface area contributed by atoms with Crippen LogP contribution < -0.4 is 10.2 Å². The van der Waals surface area contributed by atoms with Crippen molar-refractivity contribution >= 4 is 27.3 Å². The van der Waals surface area contributed by atoms with E-state index in [0.717, 1.165) is 38.3 Å². The fourth-order valence-electron chi connectivity index (χ4n) is 4.63. The smallest absolute Gasteiger partial charge is 0.255 e. The Balaban J connectivity index is 1.21. The molecule has 0 aromatic heterocycles. The van der Waals surface area contributed by atoms with Crippen LogP contribution in [0.25, 0.3) is 0 Å². The fourth-order valence-corrected chi connectivity index (χ4v) is 6.05. The first-order valence-corrected chi connectivity index (χ1v) is 13.4. The molecule has 8 heteroatoms. The van der Waals surface area contributed by atoms with E-state index in [0.29, 0.717) is 24.3 Å². The van der Waals surface area contributed by atoms with E-state index in [1.807, 2.05) is 31.3 Å². The third kappa shape index (κ3) is 5.10. The molecule has 0 saturated carbocycles. The third-order valence-corrected chi connectivity index (χ3v) is 8.75. The maximum atomic E-state index is 12.9. The Morgan fingerprint density at radius 2 is 1.46 bits per heavy atom. The molecule has 1 fully saturated rings. The van der Waals surface area contributed by atoms with Crippen molar-refractivity contribution in [2.24, 2.45) is 0 Å². The molecular formula is C27H30N4O3S. The van der Waals surface area contributed by atoms with Crippen LogP contribution in [0.5, 0.6) is 0 Å². The number of amides is 1. The van der Waals surface area contributed by atoms with Crippen LogP contribution >= 0.6 is 0 Å². The van der Waals surface area contributed by atoms with Crippen LogP contribution in [0.4, 0.5) is 11.4 Å². The van der Waals surface area contributed by atoms with Crippen LogP contribution in [0.2, 0.25) is 0 Å². The van der Waals surface area contributed by atoms with E-state index >= 15 is 0 Å². The number of likely N-dealkylation sites (N-methyl/N-ethyl adjacent to an activating group) is 1. The van der Waals surface area contributed by atoms with E-state index in [2.05, 4.69) is 39.4 Å².